The molecule has 2 saturated heterocycles. The summed E-state index contributed by atoms with van der Waals surface area (Å²) in [7, 11) is 0. The summed E-state index contributed by atoms with van der Waals surface area (Å²) in [6, 6.07) is 0.924. The van der Waals surface area contributed by atoms with Gasteiger partial charge in [0.05, 0.1) is 0 Å². The van der Waals surface area contributed by atoms with Crippen LogP contribution in [0.3, 0.4) is 0 Å². The molecule has 2 aliphatic heterocycles. The van der Waals surface area contributed by atoms with Gasteiger partial charge < -0.3 is 4.90 Å². The lowest BCUT2D eigenvalue weighted by Gasteiger charge is -2.37. The van der Waals surface area contributed by atoms with E-state index in [1.165, 1.54) is 45.6 Å². The van der Waals surface area contributed by atoms with Crippen molar-refractivity contribution in [1.29, 1.82) is 0 Å². The van der Waals surface area contributed by atoms with E-state index in [1.54, 1.807) is 0 Å². The summed E-state index contributed by atoms with van der Waals surface area (Å²) in [5, 5.41) is 0. The van der Waals surface area contributed by atoms with E-state index in [4.69, 9.17) is 0 Å². The Labute approximate surface area is 93.6 Å². The lowest BCUT2D eigenvalue weighted by atomic mass is 10.0. The zero-order chi connectivity index (χ0) is 10.4. The molecule has 3 atom stereocenters. The van der Waals surface area contributed by atoms with Gasteiger partial charge in [-0.1, -0.05) is 13.8 Å². The summed E-state index contributed by atoms with van der Waals surface area (Å²) >= 11 is 0. The molecule has 3 rings (SSSR count). The highest BCUT2D eigenvalue weighted by Crippen LogP contribution is 2.52. The average Bonchev–Trinajstić information content (AvgIpc) is 2.74. The summed E-state index contributed by atoms with van der Waals surface area (Å²) in [4.78, 5) is 5.39. The first kappa shape index (κ1) is 10.1. The topological polar surface area (TPSA) is 6.48 Å². The first-order valence-electron chi connectivity index (χ1n) is 6.76. The molecular weight excluding hydrogens is 184 g/mol. The van der Waals surface area contributed by atoms with Gasteiger partial charge in [-0.05, 0) is 50.2 Å². The largest absolute Gasteiger partial charge is 0.303 e. The number of nitrogens with zero attached hydrogens (tertiary/aromatic N) is 2. The van der Waals surface area contributed by atoms with Gasteiger partial charge in [0.2, 0.25) is 0 Å². The van der Waals surface area contributed by atoms with E-state index in [0.29, 0.717) is 0 Å². The summed E-state index contributed by atoms with van der Waals surface area (Å²) in [6.07, 6.45) is 2.84. The first-order chi connectivity index (χ1) is 7.29. The maximum absolute atomic E-state index is 2.79. The van der Waals surface area contributed by atoms with Crippen LogP contribution in [0.25, 0.3) is 0 Å². The molecule has 3 fully saturated rings. The van der Waals surface area contributed by atoms with Gasteiger partial charge >= 0.3 is 0 Å². The fourth-order valence-electron chi connectivity index (χ4n) is 3.75. The van der Waals surface area contributed by atoms with Crippen molar-refractivity contribution >= 4 is 0 Å². The number of hydrogen-bond acceptors (Lipinski definition) is 2. The highest BCUT2D eigenvalue weighted by molar-refractivity contribution is 5.04. The highest BCUT2D eigenvalue weighted by atomic mass is 15.2. The second kappa shape index (κ2) is 3.74. The predicted octanol–water partition coefficient (Wildman–Crippen LogP) is 1.67. The van der Waals surface area contributed by atoms with Gasteiger partial charge in [-0.3, -0.25) is 4.90 Å². The van der Waals surface area contributed by atoms with E-state index in [1.807, 2.05) is 0 Å². The molecule has 0 bridgehead atoms. The van der Waals surface area contributed by atoms with Crippen LogP contribution in [0.5, 0.6) is 0 Å². The van der Waals surface area contributed by atoms with Crippen LogP contribution >= 0.6 is 0 Å². The van der Waals surface area contributed by atoms with E-state index >= 15 is 0 Å². The van der Waals surface area contributed by atoms with Gasteiger partial charge in [-0.2, -0.15) is 0 Å². The fourth-order valence-corrected chi connectivity index (χ4v) is 3.75. The van der Waals surface area contributed by atoms with E-state index in [0.717, 1.165) is 23.8 Å². The summed E-state index contributed by atoms with van der Waals surface area (Å²) < 4.78 is 0. The fraction of sp³-hybridized carbons (Fsp3) is 1.00. The Kier molecular flexibility index (Phi) is 2.52. The van der Waals surface area contributed by atoms with Crippen LogP contribution in [0.2, 0.25) is 0 Å². The Morgan fingerprint density at radius 2 is 1.67 bits per heavy atom. The number of fused-ring (bicyclic) bond motifs is 1. The van der Waals surface area contributed by atoms with Crippen LogP contribution in [0.1, 0.15) is 26.7 Å². The lowest BCUT2D eigenvalue weighted by molar-refractivity contribution is 0.118. The molecule has 3 aliphatic rings. The zero-order valence-electron chi connectivity index (χ0n) is 10.2. The van der Waals surface area contributed by atoms with Gasteiger partial charge in [0.25, 0.3) is 0 Å². The van der Waals surface area contributed by atoms with Crippen molar-refractivity contribution < 1.29 is 0 Å². The second-order valence-electron chi connectivity index (χ2n) is 5.81. The summed E-state index contributed by atoms with van der Waals surface area (Å²) in [6.45, 7) is 11.5. The van der Waals surface area contributed by atoms with Gasteiger partial charge in [0.15, 0.2) is 0 Å². The molecule has 15 heavy (non-hydrogen) atoms. The monoisotopic (exact) mass is 208 g/mol. The van der Waals surface area contributed by atoms with Crippen molar-refractivity contribution in [1.82, 2.24) is 9.80 Å². The SMILES string of the molecule is CCN1CCC(N2C[C@@H]3C(C)[C@@H]3C2)CC1. The minimum Gasteiger partial charge on any atom is -0.303 e. The van der Waals surface area contributed by atoms with E-state index in [9.17, 15) is 0 Å². The molecule has 0 aromatic rings. The molecule has 0 aromatic heterocycles. The normalized spacial score (nSPS) is 43.2. The molecular formula is C13H24N2. The molecule has 86 valence electrons. The number of piperidine rings is 2. The van der Waals surface area contributed by atoms with Crippen molar-refractivity contribution in [2.24, 2.45) is 17.8 Å². The number of likely N-dealkylation sites (tertiary alicyclic amines) is 2. The Hall–Kier alpha value is -0.0800. The van der Waals surface area contributed by atoms with Crippen molar-refractivity contribution in [3.63, 3.8) is 0 Å². The number of hydrogen-bond donors (Lipinski definition) is 0. The molecule has 1 aliphatic carbocycles. The second-order valence-corrected chi connectivity index (χ2v) is 5.81. The number of rotatable bonds is 2. The van der Waals surface area contributed by atoms with Crippen molar-refractivity contribution in [2.75, 3.05) is 32.7 Å². The van der Waals surface area contributed by atoms with E-state index < -0.39 is 0 Å². The smallest absolute Gasteiger partial charge is 0.0120 e. The van der Waals surface area contributed by atoms with Gasteiger partial charge in [0.1, 0.15) is 0 Å². The third-order valence-corrected chi connectivity index (χ3v) is 5.17. The lowest BCUT2D eigenvalue weighted by Crippen LogP contribution is -2.44. The molecule has 2 heterocycles. The summed E-state index contributed by atoms with van der Waals surface area (Å²) in [5.74, 6) is 3.21. The minimum atomic E-state index is 0.924. The molecule has 0 N–H and O–H groups in total. The molecule has 1 saturated carbocycles. The quantitative estimate of drug-likeness (QED) is 0.681. The zero-order valence-corrected chi connectivity index (χ0v) is 10.2. The third-order valence-electron chi connectivity index (χ3n) is 5.17. The average molecular weight is 208 g/mol. The van der Waals surface area contributed by atoms with Crippen molar-refractivity contribution in [3.8, 4) is 0 Å². The Morgan fingerprint density at radius 1 is 1.07 bits per heavy atom. The van der Waals surface area contributed by atoms with Gasteiger partial charge in [0, 0.05) is 19.1 Å². The Bertz CT molecular complexity index is 221. The van der Waals surface area contributed by atoms with Crippen molar-refractivity contribution in [3.05, 3.63) is 0 Å². The molecule has 0 spiro atoms. The molecule has 0 radical (unpaired) electrons. The molecule has 0 amide bonds. The van der Waals surface area contributed by atoms with Crippen LogP contribution in [0.15, 0.2) is 0 Å². The maximum Gasteiger partial charge on any atom is 0.0120 e. The summed E-state index contributed by atoms with van der Waals surface area (Å²) in [5.41, 5.74) is 0. The molecule has 2 nitrogen and oxygen atoms in total. The first-order valence-corrected chi connectivity index (χ1v) is 6.76. The molecule has 2 heteroatoms. The van der Waals surface area contributed by atoms with E-state index in [2.05, 4.69) is 23.6 Å². The Morgan fingerprint density at radius 3 is 2.20 bits per heavy atom. The Balaban J connectivity index is 1.49. The highest BCUT2D eigenvalue weighted by Gasteiger charge is 2.53. The van der Waals surface area contributed by atoms with Crippen LogP contribution in [0.4, 0.5) is 0 Å². The third kappa shape index (κ3) is 1.72. The van der Waals surface area contributed by atoms with Gasteiger partial charge in [-0.25, -0.2) is 0 Å². The van der Waals surface area contributed by atoms with Crippen LogP contribution in [-0.4, -0.2) is 48.6 Å². The maximum atomic E-state index is 2.79. The van der Waals surface area contributed by atoms with Crippen molar-refractivity contribution in [2.45, 2.75) is 32.7 Å². The minimum absolute atomic E-state index is 0.924. The van der Waals surface area contributed by atoms with Crippen LogP contribution in [0, 0.1) is 17.8 Å². The standard InChI is InChI=1S/C13H24N2/c1-3-14-6-4-11(5-7-14)15-8-12-10(2)13(12)9-15/h10-13H,3-9H2,1-2H3/t10?,12-,13+. The van der Waals surface area contributed by atoms with Gasteiger partial charge in [-0.15, -0.1) is 0 Å². The van der Waals surface area contributed by atoms with E-state index in [-0.39, 0.29) is 0 Å². The van der Waals surface area contributed by atoms with Crippen LogP contribution in [-0.2, 0) is 0 Å². The molecule has 1 unspecified atom stereocenters. The predicted molar refractivity (Wildman–Crippen MR) is 62.9 cm³/mol. The van der Waals surface area contributed by atoms with Crippen LogP contribution < -0.4 is 0 Å². The molecule has 0 aromatic carbocycles.